The summed E-state index contributed by atoms with van der Waals surface area (Å²) in [5.41, 5.74) is 0.883. The summed E-state index contributed by atoms with van der Waals surface area (Å²) in [6.45, 7) is 0. The fraction of sp³-hybridized carbons (Fsp3) is 0.0714. The number of carbonyl (C=O) groups is 1. The minimum absolute atomic E-state index is 0.0780. The highest BCUT2D eigenvalue weighted by Crippen LogP contribution is 2.27. The van der Waals surface area contributed by atoms with E-state index in [-0.39, 0.29) is 11.3 Å². The smallest absolute Gasteiger partial charge is 0.406 e. The summed E-state index contributed by atoms with van der Waals surface area (Å²) in [6, 6.07) is 8.96. The molecule has 0 spiro atoms. The van der Waals surface area contributed by atoms with Crippen molar-refractivity contribution in [2.75, 3.05) is 0 Å². The Kier molecular flexibility index (Phi) is 3.74. The zero-order valence-corrected chi connectivity index (χ0v) is 9.95. The third-order valence-electron chi connectivity index (χ3n) is 2.55. The molecule has 104 valence electrons. The molecular formula is C14H8F4O2. The number of carbonyl (C=O) groups excluding carboxylic acids is 1. The molecule has 2 rings (SSSR count). The molecule has 0 aliphatic heterocycles. The molecule has 0 N–H and O–H groups in total. The second kappa shape index (κ2) is 5.32. The SMILES string of the molecule is O=Cc1ccc(-c2ccc(OC(F)(F)F)cc2)cc1F. The maximum atomic E-state index is 13.4. The third kappa shape index (κ3) is 3.34. The van der Waals surface area contributed by atoms with Gasteiger partial charge < -0.3 is 4.74 Å². The Balaban J connectivity index is 2.26. The zero-order valence-electron chi connectivity index (χ0n) is 9.95. The quantitative estimate of drug-likeness (QED) is 0.623. The van der Waals surface area contributed by atoms with Gasteiger partial charge in [-0.3, -0.25) is 4.79 Å². The van der Waals surface area contributed by atoms with Crippen LogP contribution in [0.4, 0.5) is 17.6 Å². The first-order valence-electron chi connectivity index (χ1n) is 5.50. The third-order valence-corrected chi connectivity index (χ3v) is 2.55. The van der Waals surface area contributed by atoms with E-state index in [9.17, 15) is 22.4 Å². The zero-order chi connectivity index (χ0) is 14.8. The van der Waals surface area contributed by atoms with Gasteiger partial charge in [-0.15, -0.1) is 13.2 Å². The van der Waals surface area contributed by atoms with E-state index >= 15 is 0 Å². The second-order valence-electron chi connectivity index (χ2n) is 3.93. The van der Waals surface area contributed by atoms with Crippen LogP contribution in [-0.4, -0.2) is 12.6 Å². The minimum atomic E-state index is -4.75. The average Bonchev–Trinajstić information content (AvgIpc) is 2.37. The van der Waals surface area contributed by atoms with Crippen molar-refractivity contribution >= 4 is 6.29 Å². The first-order chi connectivity index (χ1) is 9.39. The van der Waals surface area contributed by atoms with Crippen LogP contribution < -0.4 is 4.74 Å². The molecule has 0 unspecified atom stereocenters. The molecule has 6 heteroatoms. The summed E-state index contributed by atoms with van der Waals surface area (Å²) in [5.74, 6) is -1.04. The van der Waals surface area contributed by atoms with Crippen molar-refractivity contribution in [3.05, 3.63) is 53.8 Å². The van der Waals surface area contributed by atoms with E-state index < -0.39 is 12.2 Å². The molecule has 0 saturated carbocycles. The van der Waals surface area contributed by atoms with Crippen LogP contribution >= 0.6 is 0 Å². The van der Waals surface area contributed by atoms with Crippen molar-refractivity contribution in [3.8, 4) is 16.9 Å². The number of aldehydes is 1. The lowest BCUT2D eigenvalue weighted by molar-refractivity contribution is -0.274. The Labute approximate surface area is 111 Å². The highest BCUT2D eigenvalue weighted by molar-refractivity contribution is 5.77. The number of hydrogen-bond donors (Lipinski definition) is 0. The molecule has 20 heavy (non-hydrogen) atoms. The summed E-state index contributed by atoms with van der Waals surface area (Å²) >= 11 is 0. The Morgan fingerprint density at radius 3 is 2.05 bits per heavy atom. The molecule has 0 bridgehead atoms. The van der Waals surface area contributed by atoms with E-state index in [0.29, 0.717) is 17.4 Å². The molecule has 0 aliphatic rings. The molecule has 0 atom stereocenters. The number of alkyl halides is 3. The van der Waals surface area contributed by atoms with Gasteiger partial charge in [0.1, 0.15) is 11.6 Å². The van der Waals surface area contributed by atoms with Crippen LogP contribution in [-0.2, 0) is 0 Å². The fourth-order valence-electron chi connectivity index (χ4n) is 1.65. The Bertz CT molecular complexity index is 618. The van der Waals surface area contributed by atoms with E-state index in [0.717, 1.165) is 18.2 Å². The van der Waals surface area contributed by atoms with Crippen molar-refractivity contribution in [3.63, 3.8) is 0 Å². The summed E-state index contributed by atoms with van der Waals surface area (Å²) in [4.78, 5) is 10.5. The van der Waals surface area contributed by atoms with Crippen LogP contribution in [0.5, 0.6) is 5.75 Å². The predicted molar refractivity (Wildman–Crippen MR) is 63.9 cm³/mol. The van der Waals surface area contributed by atoms with Gasteiger partial charge in [0.15, 0.2) is 6.29 Å². The van der Waals surface area contributed by atoms with Crippen LogP contribution in [0.25, 0.3) is 11.1 Å². The average molecular weight is 284 g/mol. The Morgan fingerprint density at radius 1 is 0.950 bits per heavy atom. The highest BCUT2D eigenvalue weighted by Gasteiger charge is 2.30. The lowest BCUT2D eigenvalue weighted by Crippen LogP contribution is -2.16. The fourth-order valence-corrected chi connectivity index (χ4v) is 1.65. The first kappa shape index (κ1) is 14.0. The lowest BCUT2D eigenvalue weighted by atomic mass is 10.0. The molecule has 0 saturated heterocycles. The molecule has 0 aliphatic carbocycles. The van der Waals surface area contributed by atoms with Crippen molar-refractivity contribution in [2.45, 2.75) is 6.36 Å². The van der Waals surface area contributed by atoms with E-state index in [2.05, 4.69) is 4.74 Å². The number of ether oxygens (including phenoxy) is 1. The molecular weight excluding hydrogens is 276 g/mol. The van der Waals surface area contributed by atoms with Gasteiger partial charge in [0.05, 0.1) is 5.56 Å². The molecule has 0 aromatic heterocycles. The molecule has 2 aromatic carbocycles. The summed E-state index contributed by atoms with van der Waals surface area (Å²) < 4.78 is 53.2. The first-order valence-corrected chi connectivity index (χ1v) is 5.50. The summed E-state index contributed by atoms with van der Waals surface area (Å²) in [6.07, 6.45) is -4.36. The molecule has 0 amide bonds. The van der Waals surface area contributed by atoms with Crippen LogP contribution in [0.2, 0.25) is 0 Å². The van der Waals surface area contributed by atoms with Crippen molar-refractivity contribution in [1.29, 1.82) is 0 Å². The number of hydrogen-bond acceptors (Lipinski definition) is 2. The van der Waals surface area contributed by atoms with E-state index in [1.807, 2.05) is 0 Å². The highest BCUT2D eigenvalue weighted by atomic mass is 19.4. The topological polar surface area (TPSA) is 26.3 Å². The van der Waals surface area contributed by atoms with E-state index in [4.69, 9.17) is 0 Å². The molecule has 2 nitrogen and oxygen atoms in total. The maximum absolute atomic E-state index is 13.4. The van der Waals surface area contributed by atoms with Crippen LogP contribution in [0.15, 0.2) is 42.5 Å². The monoisotopic (exact) mass is 284 g/mol. The lowest BCUT2D eigenvalue weighted by Gasteiger charge is -2.09. The summed E-state index contributed by atoms with van der Waals surface area (Å²) in [5, 5.41) is 0. The standard InChI is InChI=1S/C14H8F4O2/c15-13-7-10(1-2-11(13)8-19)9-3-5-12(6-4-9)20-14(16,17)18/h1-8H. The predicted octanol–water partition coefficient (Wildman–Crippen LogP) is 4.20. The van der Waals surface area contributed by atoms with Gasteiger partial charge in [-0.2, -0.15) is 0 Å². The minimum Gasteiger partial charge on any atom is -0.406 e. The Morgan fingerprint density at radius 2 is 1.55 bits per heavy atom. The molecule has 0 fully saturated rings. The van der Waals surface area contributed by atoms with Crippen molar-refractivity contribution in [2.24, 2.45) is 0 Å². The van der Waals surface area contributed by atoms with Gasteiger partial charge in [0, 0.05) is 0 Å². The van der Waals surface area contributed by atoms with Gasteiger partial charge in [-0.05, 0) is 35.4 Å². The maximum Gasteiger partial charge on any atom is 0.573 e. The normalized spacial score (nSPS) is 11.2. The number of rotatable bonds is 3. The van der Waals surface area contributed by atoms with Crippen LogP contribution in [0, 0.1) is 5.82 Å². The second-order valence-corrected chi connectivity index (χ2v) is 3.93. The van der Waals surface area contributed by atoms with Crippen LogP contribution in [0.1, 0.15) is 10.4 Å². The van der Waals surface area contributed by atoms with E-state index in [1.54, 1.807) is 0 Å². The Hall–Kier alpha value is -2.37. The van der Waals surface area contributed by atoms with Gasteiger partial charge >= 0.3 is 6.36 Å². The number of halogens is 4. The van der Waals surface area contributed by atoms with E-state index in [1.165, 1.54) is 24.3 Å². The van der Waals surface area contributed by atoms with Crippen molar-refractivity contribution < 1.29 is 27.1 Å². The number of benzene rings is 2. The summed E-state index contributed by atoms with van der Waals surface area (Å²) in [7, 11) is 0. The van der Waals surface area contributed by atoms with Gasteiger partial charge in [0.25, 0.3) is 0 Å². The molecule has 0 radical (unpaired) electrons. The van der Waals surface area contributed by atoms with Gasteiger partial charge in [0.2, 0.25) is 0 Å². The molecule has 0 heterocycles. The van der Waals surface area contributed by atoms with Crippen molar-refractivity contribution in [1.82, 2.24) is 0 Å². The van der Waals surface area contributed by atoms with Crippen LogP contribution in [0.3, 0.4) is 0 Å². The van der Waals surface area contributed by atoms with Gasteiger partial charge in [-0.1, -0.05) is 18.2 Å². The van der Waals surface area contributed by atoms with Gasteiger partial charge in [-0.25, -0.2) is 4.39 Å². The molecule has 2 aromatic rings. The largest absolute Gasteiger partial charge is 0.573 e.